The van der Waals surface area contributed by atoms with Crippen molar-refractivity contribution in [2.24, 2.45) is 0 Å². The lowest BCUT2D eigenvalue weighted by molar-refractivity contribution is 0.0696. The summed E-state index contributed by atoms with van der Waals surface area (Å²) in [7, 11) is 0. The van der Waals surface area contributed by atoms with Crippen LogP contribution in [-0.2, 0) is 0 Å². The number of hydrogen-bond acceptors (Lipinski definition) is 2. The Morgan fingerprint density at radius 2 is 1.48 bits per heavy atom. The van der Waals surface area contributed by atoms with Gasteiger partial charge in [-0.25, -0.2) is 26.7 Å². The molecule has 0 aromatic heterocycles. The van der Waals surface area contributed by atoms with Gasteiger partial charge in [0.1, 0.15) is 5.69 Å². The second-order valence-corrected chi connectivity index (χ2v) is 3.97. The van der Waals surface area contributed by atoms with Crippen LogP contribution in [0.3, 0.4) is 0 Å². The Kier molecular flexibility index (Phi) is 3.79. The first-order valence-corrected chi connectivity index (χ1v) is 5.44. The molecule has 0 saturated heterocycles. The quantitative estimate of drug-likeness (QED) is 0.669. The van der Waals surface area contributed by atoms with Gasteiger partial charge in [0.25, 0.3) is 0 Å². The molecule has 2 rings (SSSR count). The summed E-state index contributed by atoms with van der Waals surface area (Å²) in [6.45, 7) is 0. The first-order valence-electron chi connectivity index (χ1n) is 5.44. The van der Waals surface area contributed by atoms with Gasteiger partial charge >= 0.3 is 5.97 Å². The summed E-state index contributed by atoms with van der Waals surface area (Å²) in [4.78, 5) is 10.6. The molecule has 0 atom stereocenters. The van der Waals surface area contributed by atoms with E-state index in [9.17, 15) is 26.7 Å². The van der Waals surface area contributed by atoms with E-state index in [0.29, 0.717) is 18.2 Å². The molecule has 8 heteroatoms. The lowest BCUT2D eigenvalue weighted by atomic mass is 10.1. The molecule has 3 nitrogen and oxygen atoms in total. The fraction of sp³-hybridized carbons (Fsp3) is 0. The van der Waals surface area contributed by atoms with Gasteiger partial charge in [-0.15, -0.1) is 0 Å². The summed E-state index contributed by atoms with van der Waals surface area (Å²) in [5.74, 6) is -9.12. The molecule has 0 heterocycles. The van der Waals surface area contributed by atoms with Gasteiger partial charge < -0.3 is 10.4 Å². The Labute approximate surface area is 114 Å². The van der Waals surface area contributed by atoms with Crippen molar-refractivity contribution in [3.63, 3.8) is 0 Å². The normalized spacial score (nSPS) is 10.5. The Morgan fingerprint density at radius 3 is 2.00 bits per heavy atom. The molecular weight excluding hydrogens is 297 g/mol. The minimum Gasteiger partial charge on any atom is -0.478 e. The average Bonchev–Trinajstić information content (AvgIpc) is 2.42. The monoisotopic (exact) mass is 303 g/mol. The summed E-state index contributed by atoms with van der Waals surface area (Å²) in [6, 6.07) is 2.33. The van der Waals surface area contributed by atoms with Gasteiger partial charge in [-0.05, 0) is 24.3 Å². The summed E-state index contributed by atoms with van der Waals surface area (Å²) in [5.41, 5.74) is -2.24. The standard InChI is InChI=1S/C13H6F5NO2/c14-6-1-2-9(11(18)10(6)17)19-12-7(15)3-5(13(20)21)4-8(12)16/h1-4,19H,(H,20,21). The third-order valence-electron chi connectivity index (χ3n) is 2.58. The van der Waals surface area contributed by atoms with Crippen molar-refractivity contribution in [1.82, 2.24) is 0 Å². The number of anilines is 2. The molecule has 0 fully saturated rings. The van der Waals surface area contributed by atoms with Crippen molar-refractivity contribution >= 4 is 17.3 Å². The topological polar surface area (TPSA) is 49.3 Å². The minimum atomic E-state index is -1.80. The maximum absolute atomic E-state index is 13.6. The summed E-state index contributed by atoms with van der Waals surface area (Å²) < 4.78 is 66.4. The van der Waals surface area contributed by atoms with Crippen LogP contribution < -0.4 is 5.32 Å². The highest BCUT2D eigenvalue weighted by molar-refractivity contribution is 5.88. The number of nitrogens with one attached hydrogen (secondary N) is 1. The van der Waals surface area contributed by atoms with E-state index in [4.69, 9.17) is 5.11 Å². The third kappa shape index (κ3) is 2.78. The van der Waals surface area contributed by atoms with Gasteiger partial charge in [0.05, 0.1) is 11.3 Å². The number of halogens is 5. The number of hydrogen-bond donors (Lipinski definition) is 2. The van der Waals surface area contributed by atoms with E-state index in [1.807, 2.05) is 5.32 Å². The molecule has 0 radical (unpaired) electrons. The first kappa shape index (κ1) is 14.8. The fourth-order valence-corrected chi connectivity index (χ4v) is 1.57. The number of carboxylic acid groups (broad SMARTS) is 1. The molecule has 0 unspecified atom stereocenters. The lowest BCUT2D eigenvalue weighted by Crippen LogP contribution is -2.05. The SMILES string of the molecule is O=C(O)c1cc(F)c(Nc2ccc(F)c(F)c2F)c(F)c1. The molecule has 2 aromatic carbocycles. The van der Waals surface area contributed by atoms with Gasteiger partial charge in [0.15, 0.2) is 29.1 Å². The zero-order valence-corrected chi connectivity index (χ0v) is 10.1. The number of benzene rings is 2. The lowest BCUT2D eigenvalue weighted by Gasteiger charge is -2.11. The fourth-order valence-electron chi connectivity index (χ4n) is 1.57. The largest absolute Gasteiger partial charge is 0.478 e. The van der Waals surface area contributed by atoms with Gasteiger partial charge in [-0.3, -0.25) is 0 Å². The molecular formula is C13H6F5NO2. The minimum absolute atomic E-state index is 0.505. The summed E-state index contributed by atoms with van der Waals surface area (Å²) in [6.07, 6.45) is 0. The van der Waals surface area contributed by atoms with Crippen molar-refractivity contribution in [1.29, 1.82) is 0 Å². The predicted molar refractivity (Wildman–Crippen MR) is 62.9 cm³/mol. The van der Waals surface area contributed by atoms with Crippen LogP contribution in [0.2, 0.25) is 0 Å². The smallest absolute Gasteiger partial charge is 0.335 e. The highest BCUT2D eigenvalue weighted by Crippen LogP contribution is 2.28. The highest BCUT2D eigenvalue weighted by Gasteiger charge is 2.18. The first-order chi connectivity index (χ1) is 9.81. The zero-order chi connectivity index (χ0) is 15.7. The van der Waals surface area contributed by atoms with Crippen molar-refractivity contribution in [2.75, 3.05) is 5.32 Å². The van der Waals surface area contributed by atoms with E-state index in [1.165, 1.54) is 0 Å². The van der Waals surface area contributed by atoms with Crippen LogP contribution in [-0.4, -0.2) is 11.1 Å². The number of carboxylic acids is 1. The molecule has 0 amide bonds. The third-order valence-corrected chi connectivity index (χ3v) is 2.58. The Hall–Kier alpha value is -2.64. The molecule has 0 spiro atoms. The number of rotatable bonds is 3. The molecule has 0 aliphatic heterocycles. The average molecular weight is 303 g/mol. The Balaban J connectivity index is 2.45. The molecule has 0 aliphatic carbocycles. The van der Waals surface area contributed by atoms with E-state index >= 15 is 0 Å². The van der Waals surface area contributed by atoms with Crippen molar-refractivity contribution < 1.29 is 31.9 Å². The maximum atomic E-state index is 13.6. The van der Waals surface area contributed by atoms with E-state index < -0.39 is 52.0 Å². The van der Waals surface area contributed by atoms with E-state index in [2.05, 4.69) is 0 Å². The van der Waals surface area contributed by atoms with Crippen LogP contribution in [0.15, 0.2) is 24.3 Å². The van der Waals surface area contributed by atoms with Crippen molar-refractivity contribution in [3.05, 3.63) is 58.9 Å². The highest BCUT2D eigenvalue weighted by atomic mass is 19.2. The van der Waals surface area contributed by atoms with Crippen molar-refractivity contribution in [3.8, 4) is 0 Å². The zero-order valence-electron chi connectivity index (χ0n) is 10.1. The Morgan fingerprint density at radius 1 is 0.905 bits per heavy atom. The van der Waals surface area contributed by atoms with Gasteiger partial charge in [-0.2, -0.15) is 0 Å². The van der Waals surface area contributed by atoms with Crippen LogP contribution in [0.25, 0.3) is 0 Å². The molecule has 0 aliphatic rings. The van der Waals surface area contributed by atoms with Crippen LogP contribution >= 0.6 is 0 Å². The molecule has 110 valence electrons. The molecule has 2 aromatic rings. The van der Waals surface area contributed by atoms with Crippen LogP contribution in [0, 0.1) is 29.1 Å². The Bertz CT molecular complexity index is 710. The molecule has 0 bridgehead atoms. The predicted octanol–water partition coefficient (Wildman–Crippen LogP) is 3.82. The van der Waals surface area contributed by atoms with Gasteiger partial charge in [-0.1, -0.05) is 0 Å². The van der Waals surface area contributed by atoms with Gasteiger partial charge in [0.2, 0.25) is 0 Å². The van der Waals surface area contributed by atoms with E-state index in [0.717, 1.165) is 6.07 Å². The van der Waals surface area contributed by atoms with Crippen LogP contribution in [0.4, 0.5) is 33.3 Å². The maximum Gasteiger partial charge on any atom is 0.335 e. The number of carbonyl (C=O) groups is 1. The van der Waals surface area contributed by atoms with Gasteiger partial charge in [0, 0.05) is 0 Å². The molecule has 0 saturated carbocycles. The van der Waals surface area contributed by atoms with E-state index in [1.54, 1.807) is 0 Å². The van der Waals surface area contributed by atoms with Crippen LogP contribution in [0.5, 0.6) is 0 Å². The van der Waals surface area contributed by atoms with Crippen LogP contribution in [0.1, 0.15) is 10.4 Å². The van der Waals surface area contributed by atoms with Crippen molar-refractivity contribution in [2.45, 2.75) is 0 Å². The molecule has 21 heavy (non-hydrogen) atoms. The number of aromatic carboxylic acids is 1. The van der Waals surface area contributed by atoms with E-state index in [-0.39, 0.29) is 0 Å². The second-order valence-electron chi connectivity index (χ2n) is 3.97. The summed E-state index contributed by atoms with van der Waals surface area (Å²) >= 11 is 0. The second kappa shape index (κ2) is 5.39. The molecule has 2 N–H and O–H groups in total. The summed E-state index contributed by atoms with van der Waals surface area (Å²) in [5, 5.41) is 10.5.